The Balaban J connectivity index is 1.32. The van der Waals surface area contributed by atoms with Crippen LogP contribution in [0.5, 0.6) is 0 Å². The van der Waals surface area contributed by atoms with Gasteiger partial charge in [-0.15, -0.1) is 0 Å². The van der Waals surface area contributed by atoms with Crippen LogP contribution in [0.15, 0.2) is 97.1 Å². The van der Waals surface area contributed by atoms with Gasteiger partial charge < -0.3 is 0 Å². The average molecular weight is 463 g/mol. The Morgan fingerprint density at radius 3 is 1.83 bits per heavy atom. The second kappa shape index (κ2) is 12.3. The molecule has 0 saturated carbocycles. The highest BCUT2D eigenvalue weighted by molar-refractivity contribution is 5.70. The summed E-state index contributed by atoms with van der Waals surface area (Å²) in [6.07, 6.45) is 9.09. The van der Waals surface area contributed by atoms with Crippen LogP contribution < -0.4 is 0 Å². The van der Waals surface area contributed by atoms with Gasteiger partial charge >= 0.3 is 0 Å². The lowest BCUT2D eigenvalue weighted by Crippen LogP contribution is -1.99. The Hall–Kier alpha value is -3.45. The van der Waals surface area contributed by atoms with Gasteiger partial charge in [0.05, 0.1) is 0 Å². The standard InChI is InChI=1S/C34H35F/c1-3-7-27-10-12-28(13-11-27)14-15-29-16-18-30(19-17-29)20-22-33-23-21-31(25-34(33)35)24-26(2)32-8-5-4-6-9-32/h4-6,8-13,16-23,25-26H,3,7,14-15,24H2,1-2H3/b22-20+. The Morgan fingerprint density at radius 1 is 0.657 bits per heavy atom. The molecule has 4 aromatic rings. The Morgan fingerprint density at radius 2 is 1.23 bits per heavy atom. The van der Waals surface area contributed by atoms with Crippen LogP contribution in [0.4, 0.5) is 4.39 Å². The predicted molar refractivity (Wildman–Crippen MR) is 148 cm³/mol. The summed E-state index contributed by atoms with van der Waals surface area (Å²) in [5.41, 5.74) is 8.13. The quantitative estimate of drug-likeness (QED) is 0.206. The third kappa shape index (κ3) is 7.26. The van der Waals surface area contributed by atoms with Crippen molar-refractivity contribution in [3.8, 4) is 0 Å². The van der Waals surface area contributed by atoms with Gasteiger partial charge in [-0.25, -0.2) is 4.39 Å². The summed E-state index contributed by atoms with van der Waals surface area (Å²) in [6.45, 7) is 4.40. The lowest BCUT2D eigenvalue weighted by atomic mass is 9.93. The summed E-state index contributed by atoms with van der Waals surface area (Å²) >= 11 is 0. The van der Waals surface area contributed by atoms with Crippen LogP contribution in [-0.2, 0) is 25.7 Å². The van der Waals surface area contributed by atoms with E-state index in [4.69, 9.17) is 0 Å². The van der Waals surface area contributed by atoms with Gasteiger partial charge in [-0.05, 0) is 71.0 Å². The molecule has 0 bridgehead atoms. The van der Waals surface area contributed by atoms with Crippen LogP contribution in [0, 0.1) is 5.82 Å². The van der Waals surface area contributed by atoms with Crippen molar-refractivity contribution < 1.29 is 4.39 Å². The molecule has 4 aromatic carbocycles. The van der Waals surface area contributed by atoms with Gasteiger partial charge in [0.2, 0.25) is 0 Å². The molecule has 0 N–H and O–H groups in total. The van der Waals surface area contributed by atoms with Gasteiger partial charge in [0, 0.05) is 5.56 Å². The normalized spacial score (nSPS) is 12.2. The summed E-state index contributed by atoms with van der Waals surface area (Å²) in [4.78, 5) is 0. The molecule has 4 rings (SSSR count). The molecule has 0 nitrogen and oxygen atoms in total. The first-order chi connectivity index (χ1) is 17.1. The minimum Gasteiger partial charge on any atom is -0.206 e. The first-order valence-electron chi connectivity index (χ1n) is 12.8. The monoisotopic (exact) mass is 462 g/mol. The van der Waals surface area contributed by atoms with Crippen LogP contribution in [0.2, 0.25) is 0 Å². The molecule has 0 saturated heterocycles. The zero-order chi connectivity index (χ0) is 24.5. The zero-order valence-electron chi connectivity index (χ0n) is 20.9. The van der Waals surface area contributed by atoms with Crippen LogP contribution in [0.25, 0.3) is 12.2 Å². The fourth-order valence-corrected chi connectivity index (χ4v) is 4.52. The second-order valence-electron chi connectivity index (χ2n) is 9.51. The van der Waals surface area contributed by atoms with Crippen molar-refractivity contribution in [3.05, 3.63) is 142 Å². The van der Waals surface area contributed by atoms with Crippen LogP contribution in [0.3, 0.4) is 0 Å². The molecule has 0 aromatic heterocycles. The summed E-state index contributed by atoms with van der Waals surface area (Å²) < 4.78 is 14.7. The maximum absolute atomic E-state index is 14.7. The first kappa shape index (κ1) is 24.7. The van der Waals surface area contributed by atoms with E-state index in [1.807, 2.05) is 30.4 Å². The molecule has 0 aliphatic heterocycles. The van der Waals surface area contributed by atoms with Gasteiger partial charge in [0.15, 0.2) is 0 Å². The Kier molecular flexibility index (Phi) is 8.68. The van der Waals surface area contributed by atoms with Crippen molar-refractivity contribution in [1.29, 1.82) is 0 Å². The largest absolute Gasteiger partial charge is 0.206 e. The molecule has 0 aliphatic carbocycles. The number of hydrogen-bond donors (Lipinski definition) is 0. The smallest absolute Gasteiger partial charge is 0.130 e. The fourth-order valence-electron chi connectivity index (χ4n) is 4.52. The molecule has 1 heteroatoms. The van der Waals surface area contributed by atoms with Crippen LogP contribution >= 0.6 is 0 Å². The molecule has 1 unspecified atom stereocenters. The van der Waals surface area contributed by atoms with Gasteiger partial charge in [-0.1, -0.05) is 123 Å². The van der Waals surface area contributed by atoms with Gasteiger partial charge in [0.25, 0.3) is 0 Å². The molecular formula is C34H35F. The number of aryl methyl sites for hydroxylation is 3. The molecule has 0 amide bonds. The molecule has 0 heterocycles. The van der Waals surface area contributed by atoms with Gasteiger partial charge in [-0.2, -0.15) is 0 Å². The molecule has 178 valence electrons. The van der Waals surface area contributed by atoms with Crippen LogP contribution in [-0.4, -0.2) is 0 Å². The summed E-state index contributed by atoms with van der Waals surface area (Å²) in [7, 11) is 0. The van der Waals surface area contributed by atoms with Crippen molar-refractivity contribution >= 4 is 12.2 Å². The van der Waals surface area contributed by atoms with Gasteiger partial charge in [-0.3, -0.25) is 0 Å². The Labute approximate surface area is 210 Å². The van der Waals surface area contributed by atoms with E-state index in [1.165, 1.54) is 28.7 Å². The van der Waals surface area contributed by atoms with Crippen molar-refractivity contribution in [1.82, 2.24) is 0 Å². The molecule has 0 fully saturated rings. The van der Waals surface area contributed by atoms with E-state index in [1.54, 1.807) is 6.07 Å². The fraction of sp³-hybridized carbons (Fsp3) is 0.235. The molecule has 1 atom stereocenters. The summed E-state index contributed by atoms with van der Waals surface area (Å²) in [6, 6.07) is 33.6. The minimum absolute atomic E-state index is 0.166. The number of rotatable bonds is 10. The summed E-state index contributed by atoms with van der Waals surface area (Å²) in [5, 5.41) is 0. The first-order valence-corrected chi connectivity index (χ1v) is 12.8. The van der Waals surface area contributed by atoms with E-state index in [0.717, 1.165) is 36.8 Å². The highest BCUT2D eigenvalue weighted by Crippen LogP contribution is 2.22. The topological polar surface area (TPSA) is 0 Å². The van der Waals surface area contributed by atoms with E-state index in [9.17, 15) is 4.39 Å². The van der Waals surface area contributed by atoms with Crippen molar-refractivity contribution in [2.75, 3.05) is 0 Å². The lowest BCUT2D eigenvalue weighted by Gasteiger charge is -2.12. The van der Waals surface area contributed by atoms with E-state index >= 15 is 0 Å². The number of hydrogen-bond acceptors (Lipinski definition) is 0. The maximum atomic E-state index is 14.7. The van der Waals surface area contributed by atoms with Crippen molar-refractivity contribution in [2.45, 2.75) is 51.9 Å². The third-order valence-electron chi connectivity index (χ3n) is 6.67. The summed E-state index contributed by atoms with van der Waals surface area (Å²) in [5.74, 6) is 0.191. The van der Waals surface area contributed by atoms with Crippen molar-refractivity contribution in [2.24, 2.45) is 0 Å². The SMILES string of the molecule is CCCc1ccc(CCc2ccc(/C=C/c3ccc(CC(C)c4ccccc4)cc3F)cc2)cc1. The molecule has 0 spiro atoms. The minimum atomic E-state index is -0.166. The van der Waals surface area contributed by atoms with Gasteiger partial charge in [0.1, 0.15) is 5.82 Å². The van der Waals surface area contributed by atoms with E-state index in [-0.39, 0.29) is 5.82 Å². The van der Waals surface area contributed by atoms with Crippen LogP contribution in [0.1, 0.15) is 65.1 Å². The number of halogens is 1. The average Bonchev–Trinajstić information content (AvgIpc) is 2.89. The lowest BCUT2D eigenvalue weighted by molar-refractivity contribution is 0.620. The van der Waals surface area contributed by atoms with E-state index < -0.39 is 0 Å². The molecular weight excluding hydrogens is 427 g/mol. The van der Waals surface area contributed by atoms with E-state index in [0.29, 0.717) is 11.5 Å². The zero-order valence-corrected chi connectivity index (χ0v) is 20.9. The maximum Gasteiger partial charge on any atom is 0.130 e. The highest BCUT2D eigenvalue weighted by atomic mass is 19.1. The predicted octanol–water partition coefficient (Wildman–Crippen LogP) is 9.08. The van der Waals surface area contributed by atoms with Crippen molar-refractivity contribution in [3.63, 3.8) is 0 Å². The molecule has 35 heavy (non-hydrogen) atoms. The molecule has 0 radical (unpaired) electrons. The highest BCUT2D eigenvalue weighted by Gasteiger charge is 2.08. The number of benzene rings is 4. The Bertz CT molecular complexity index is 1220. The third-order valence-corrected chi connectivity index (χ3v) is 6.67. The van der Waals surface area contributed by atoms with E-state index in [2.05, 4.69) is 86.6 Å². The second-order valence-corrected chi connectivity index (χ2v) is 9.51. The molecule has 0 aliphatic rings.